The number of carboxylic acid groups (broad SMARTS) is 1. The minimum atomic E-state index is -1.30. The van der Waals surface area contributed by atoms with Crippen molar-refractivity contribution in [3.8, 4) is 0 Å². The summed E-state index contributed by atoms with van der Waals surface area (Å²) in [6.07, 6.45) is 1.33. The van der Waals surface area contributed by atoms with Crippen LogP contribution in [-0.4, -0.2) is 47.3 Å². The highest BCUT2D eigenvalue weighted by Crippen LogP contribution is 2.25. The summed E-state index contributed by atoms with van der Waals surface area (Å²) in [5.74, 6) is -1.80. The molecule has 24 heavy (non-hydrogen) atoms. The Morgan fingerprint density at radius 1 is 1.33 bits per heavy atom. The van der Waals surface area contributed by atoms with Crippen molar-refractivity contribution in [2.24, 2.45) is 0 Å². The number of rotatable bonds is 3. The van der Waals surface area contributed by atoms with Gasteiger partial charge in [0.05, 0.1) is 11.2 Å². The van der Waals surface area contributed by atoms with Crippen molar-refractivity contribution in [2.75, 3.05) is 31.1 Å². The van der Waals surface area contributed by atoms with Crippen molar-refractivity contribution in [3.05, 3.63) is 39.9 Å². The van der Waals surface area contributed by atoms with E-state index < -0.39 is 17.2 Å². The molecule has 3 rings (SSSR count). The molecule has 7 nitrogen and oxygen atoms in total. The van der Waals surface area contributed by atoms with Crippen LogP contribution >= 0.6 is 0 Å². The van der Waals surface area contributed by atoms with E-state index in [4.69, 9.17) is 5.11 Å². The molecule has 130 valence electrons. The van der Waals surface area contributed by atoms with E-state index in [1.165, 1.54) is 6.20 Å². The summed E-state index contributed by atoms with van der Waals surface area (Å²) in [5, 5.41) is 12.5. The lowest BCUT2D eigenvalue weighted by Gasteiger charge is -2.30. The van der Waals surface area contributed by atoms with E-state index in [2.05, 4.69) is 5.32 Å². The van der Waals surface area contributed by atoms with Gasteiger partial charge in [0.25, 0.3) is 0 Å². The molecule has 2 heterocycles. The highest BCUT2D eigenvalue weighted by atomic mass is 19.1. The molecular formula is C16H20FN3O4. The Hall–Kier alpha value is -2.45. The average Bonchev–Trinajstić information content (AvgIpc) is 2.55. The first-order valence-electron chi connectivity index (χ1n) is 7.58. The van der Waals surface area contributed by atoms with Crippen LogP contribution in [0.1, 0.15) is 17.3 Å². The highest BCUT2D eigenvalue weighted by molar-refractivity contribution is 5.93. The van der Waals surface area contributed by atoms with Crippen molar-refractivity contribution in [1.29, 1.82) is 0 Å². The Morgan fingerprint density at radius 3 is 2.58 bits per heavy atom. The quantitative estimate of drug-likeness (QED) is 0.845. The number of anilines is 1. The lowest BCUT2D eigenvalue weighted by Crippen LogP contribution is -2.43. The maximum absolute atomic E-state index is 14.5. The number of aromatic carboxylic acids is 1. The fourth-order valence-corrected chi connectivity index (χ4v) is 2.96. The number of fused-ring (bicyclic) bond motifs is 1. The van der Waals surface area contributed by atoms with Gasteiger partial charge in [0.15, 0.2) is 0 Å². The average molecular weight is 337 g/mol. The number of nitrogens with zero attached hydrogens (tertiary/aromatic N) is 2. The van der Waals surface area contributed by atoms with E-state index in [-0.39, 0.29) is 16.4 Å². The molecule has 2 aromatic rings. The first kappa shape index (κ1) is 17.9. The number of nitrogens with one attached hydrogen (secondary N) is 1. The topological polar surface area (TPSA) is 106 Å². The van der Waals surface area contributed by atoms with Gasteiger partial charge in [-0.15, -0.1) is 0 Å². The van der Waals surface area contributed by atoms with Gasteiger partial charge in [-0.2, -0.15) is 0 Å². The van der Waals surface area contributed by atoms with E-state index in [9.17, 15) is 14.0 Å². The molecule has 1 saturated heterocycles. The van der Waals surface area contributed by atoms with Gasteiger partial charge in [0, 0.05) is 44.3 Å². The number of benzene rings is 1. The third kappa shape index (κ3) is 2.98. The smallest absolute Gasteiger partial charge is 0.341 e. The lowest BCUT2D eigenvalue weighted by molar-refractivity contribution is 0.0695. The van der Waals surface area contributed by atoms with Crippen LogP contribution in [0.5, 0.6) is 0 Å². The first-order chi connectivity index (χ1) is 11.0. The van der Waals surface area contributed by atoms with Gasteiger partial charge < -0.3 is 25.4 Å². The Morgan fingerprint density at radius 2 is 2.00 bits per heavy atom. The van der Waals surface area contributed by atoms with Crippen LogP contribution in [0.4, 0.5) is 10.1 Å². The molecule has 1 aliphatic rings. The molecule has 1 fully saturated rings. The van der Waals surface area contributed by atoms with Gasteiger partial charge in [-0.25, -0.2) is 9.18 Å². The first-order valence-corrected chi connectivity index (χ1v) is 7.58. The summed E-state index contributed by atoms with van der Waals surface area (Å²) in [6.45, 7) is 5.26. The second-order valence-corrected chi connectivity index (χ2v) is 5.52. The number of carboxylic acids is 1. The van der Waals surface area contributed by atoms with E-state index in [0.29, 0.717) is 30.8 Å². The molecule has 0 radical (unpaired) electrons. The molecular weight excluding hydrogens is 317 g/mol. The van der Waals surface area contributed by atoms with Crippen molar-refractivity contribution in [2.45, 2.75) is 13.5 Å². The number of carbonyl (C=O) groups is 1. The van der Waals surface area contributed by atoms with Crippen molar-refractivity contribution >= 4 is 22.6 Å². The number of hydrogen-bond donors (Lipinski definition) is 2. The number of aryl methyl sites for hydroxylation is 1. The zero-order valence-corrected chi connectivity index (χ0v) is 13.3. The predicted molar refractivity (Wildman–Crippen MR) is 89.5 cm³/mol. The molecule has 1 aromatic heterocycles. The number of hydrogen-bond acceptors (Lipinski definition) is 4. The van der Waals surface area contributed by atoms with E-state index in [0.717, 1.165) is 19.2 Å². The molecule has 0 unspecified atom stereocenters. The number of aromatic nitrogens is 1. The monoisotopic (exact) mass is 337 g/mol. The maximum Gasteiger partial charge on any atom is 0.341 e. The van der Waals surface area contributed by atoms with Crippen LogP contribution in [0, 0.1) is 5.82 Å². The SMILES string of the molecule is CCn1cc(C(=O)O)c(=O)c2cc(F)c(N3CCNCC3)cc21.O. The normalized spacial score (nSPS) is 14.5. The van der Waals surface area contributed by atoms with Gasteiger partial charge in [-0.05, 0) is 19.1 Å². The minimum Gasteiger partial charge on any atom is -0.477 e. The molecule has 1 aliphatic heterocycles. The van der Waals surface area contributed by atoms with E-state index >= 15 is 0 Å². The predicted octanol–water partition coefficient (Wildman–Crippen LogP) is 0.444. The lowest BCUT2D eigenvalue weighted by atomic mass is 10.1. The van der Waals surface area contributed by atoms with Crippen molar-refractivity contribution in [1.82, 2.24) is 9.88 Å². The molecule has 4 N–H and O–H groups in total. The van der Waals surface area contributed by atoms with Crippen LogP contribution in [0.3, 0.4) is 0 Å². The Labute approximate surface area is 137 Å². The largest absolute Gasteiger partial charge is 0.477 e. The summed E-state index contributed by atoms with van der Waals surface area (Å²) in [5.41, 5.74) is 0.0118. The van der Waals surface area contributed by atoms with Gasteiger partial charge in [-0.1, -0.05) is 0 Å². The zero-order valence-electron chi connectivity index (χ0n) is 13.3. The number of halogens is 1. The summed E-state index contributed by atoms with van der Waals surface area (Å²) in [7, 11) is 0. The van der Waals surface area contributed by atoms with Crippen molar-refractivity contribution < 1.29 is 19.8 Å². The van der Waals surface area contributed by atoms with Crippen LogP contribution in [0.2, 0.25) is 0 Å². The number of pyridine rings is 1. The molecule has 8 heteroatoms. The standard InChI is InChI=1S/C16H18FN3O3.H2O/c1-2-19-9-11(16(22)23)15(21)10-7-12(17)14(8-13(10)19)20-5-3-18-4-6-20;/h7-9,18H,2-6H2,1H3,(H,22,23);1H2. The van der Waals surface area contributed by atoms with Gasteiger partial charge in [0.2, 0.25) is 5.43 Å². The van der Waals surface area contributed by atoms with E-state index in [1.54, 1.807) is 10.6 Å². The van der Waals surface area contributed by atoms with Crippen LogP contribution < -0.4 is 15.6 Å². The number of piperazine rings is 1. The summed E-state index contributed by atoms with van der Waals surface area (Å²) < 4.78 is 16.2. The third-order valence-electron chi connectivity index (χ3n) is 4.18. The minimum absolute atomic E-state index is 0. The molecule has 0 saturated carbocycles. The maximum atomic E-state index is 14.5. The summed E-state index contributed by atoms with van der Waals surface area (Å²) in [4.78, 5) is 25.4. The van der Waals surface area contributed by atoms with Crippen molar-refractivity contribution in [3.63, 3.8) is 0 Å². The molecule has 0 amide bonds. The molecule has 0 spiro atoms. The third-order valence-corrected chi connectivity index (χ3v) is 4.18. The Kier molecular flexibility index (Phi) is 5.20. The van der Waals surface area contributed by atoms with Crippen LogP contribution in [0.25, 0.3) is 10.9 Å². The summed E-state index contributed by atoms with van der Waals surface area (Å²) >= 11 is 0. The van der Waals surface area contributed by atoms with Gasteiger partial charge in [-0.3, -0.25) is 4.79 Å². The fraction of sp³-hybridized carbons (Fsp3) is 0.375. The molecule has 0 atom stereocenters. The van der Waals surface area contributed by atoms with Gasteiger partial charge >= 0.3 is 5.97 Å². The Bertz CT molecular complexity index is 828. The molecule has 0 aliphatic carbocycles. The second kappa shape index (κ2) is 6.98. The van der Waals surface area contributed by atoms with Crippen LogP contribution in [0.15, 0.2) is 23.1 Å². The Balaban J connectivity index is 0.00000208. The van der Waals surface area contributed by atoms with E-state index in [1.807, 2.05) is 11.8 Å². The summed E-state index contributed by atoms with van der Waals surface area (Å²) in [6, 6.07) is 2.81. The molecule has 1 aromatic carbocycles. The fourth-order valence-electron chi connectivity index (χ4n) is 2.96. The second-order valence-electron chi connectivity index (χ2n) is 5.52. The highest BCUT2D eigenvalue weighted by Gasteiger charge is 2.19. The zero-order chi connectivity index (χ0) is 16.6. The molecule has 0 bridgehead atoms. The van der Waals surface area contributed by atoms with Gasteiger partial charge in [0.1, 0.15) is 11.4 Å². The van der Waals surface area contributed by atoms with Crippen LogP contribution in [-0.2, 0) is 6.54 Å².